The number of aliphatic hydroxyl groups excluding tert-OH is 1. The summed E-state index contributed by atoms with van der Waals surface area (Å²) in [5.74, 6) is -2.83. The average molecular weight is 1210 g/mol. The minimum atomic E-state index is -1.08. The third-order valence-electron chi connectivity index (χ3n) is 13.5. The molecule has 9 amide bonds. The lowest BCUT2D eigenvalue weighted by Gasteiger charge is -2.26. The molecule has 86 heavy (non-hydrogen) atoms. The van der Waals surface area contributed by atoms with E-state index >= 15 is 0 Å². The quantitative estimate of drug-likeness (QED) is 0.0350. The highest BCUT2D eigenvalue weighted by Gasteiger charge is 2.31. The number of nitrogens with one attached hydrogen (secondary N) is 4. The number of aliphatic hydroxyl groups is 1. The summed E-state index contributed by atoms with van der Waals surface area (Å²) in [6.45, 7) is 7.70. The van der Waals surface area contributed by atoms with Gasteiger partial charge >= 0.3 is 18.2 Å². The fraction of sp³-hybridized carbons (Fsp3) is 0.533. The van der Waals surface area contributed by atoms with Crippen molar-refractivity contribution in [2.45, 2.75) is 57.7 Å². The minimum absolute atomic E-state index is 0.0460. The number of nitrogens with zero attached hydrogens (tertiary/aromatic N) is 3. The normalized spacial score (nSPS) is 13.2. The van der Waals surface area contributed by atoms with Crippen molar-refractivity contribution < 1.29 is 86.1 Å². The molecule has 1 heterocycles. The van der Waals surface area contributed by atoms with E-state index in [0.717, 1.165) is 27.2 Å². The van der Waals surface area contributed by atoms with Crippen LogP contribution in [-0.2, 0) is 73.2 Å². The molecule has 472 valence electrons. The van der Waals surface area contributed by atoms with Crippen molar-refractivity contribution in [2.75, 3.05) is 151 Å². The Morgan fingerprint density at radius 3 is 1.74 bits per heavy atom. The summed E-state index contributed by atoms with van der Waals surface area (Å²) in [5.41, 5.74) is 10.6. The Kier molecular flexibility index (Phi) is 31.5. The fourth-order valence-corrected chi connectivity index (χ4v) is 8.85. The number of carbonyl (C=O) groups is 8. The van der Waals surface area contributed by atoms with E-state index in [1.54, 1.807) is 45.2 Å². The summed E-state index contributed by atoms with van der Waals surface area (Å²) in [6.07, 6.45) is 1.56. The number of anilines is 1. The zero-order valence-corrected chi connectivity index (χ0v) is 49.4. The van der Waals surface area contributed by atoms with E-state index in [4.69, 9.17) is 53.5 Å². The molecule has 2 aliphatic rings. The first-order chi connectivity index (χ1) is 41.7. The van der Waals surface area contributed by atoms with Crippen LogP contribution in [0.5, 0.6) is 0 Å². The number of hydrogen-bond acceptors (Lipinski definition) is 18. The number of carbonyl (C=O) groups excluding carboxylic acids is 8. The van der Waals surface area contributed by atoms with Gasteiger partial charge in [0.1, 0.15) is 25.3 Å². The standard InChI is InChI=1S/C60H84N8O18/c1-43(2)55(65-52(70)20-27-78-31-35-82-39-40-84-37-33-80-29-25-68-53(71)18-19-54(68)72)57(74)64-51(13-8-21-62-58(61)75)56(73)63-45-16-14-44(15-17-45)41-85-59(76)66(3)22-23-67(24-28-79-32-36-83-38-34-81-30-26-69)60(77)86-42-50-48-11-6-4-9-46(48)47-10-5-7-12-49(47)50/h4-7,9-12,14-19,43,50-51,55,69H,8,13,20-42H2,1-3H3,(H,63,73)(H,64,74)(H,65,70)(H3,61,62,75)/t51-,55-/m0/s1. The molecule has 0 saturated carbocycles. The van der Waals surface area contributed by atoms with Gasteiger partial charge in [-0.25, -0.2) is 14.4 Å². The molecule has 0 saturated heterocycles. The van der Waals surface area contributed by atoms with E-state index in [-0.39, 0.29) is 148 Å². The first-order valence-electron chi connectivity index (χ1n) is 28.9. The predicted molar refractivity (Wildman–Crippen MR) is 313 cm³/mol. The number of ether oxygens (including phenoxy) is 9. The third-order valence-corrected chi connectivity index (χ3v) is 13.5. The number of fused-ring (bicyclic) bond motifs is 3. The van der Waals surface area contributed by atoms with Crippen LogP contribution in [0.2, 0.25) is 0 Å². The van der Waals surface area contributed by atoms with Crippen molar-refractivity contribution in [2.24, 2.45) is 11.7 Å². The van der Waals surface area contributed by atoms with Gasteiger partial charge in [-0.2, -0.15) is 0 Å². The lowest BCUT2D eigenvalue weighted by molar-refractivity contribution is -0.137. The molecule has 26 nitrogen and oxygen atoms in total. The largest absolute Gasteiger partial charge is 0.448 e. The van der Waals surface area contributed by atoms with E-state index < -0.39 is 48.0 Å². The Bertz CT molecular complexity index is 2580. The van der Waals surface area contributed by atoms with Crippen LogP contribution in [0.25, 0.3) is 11.1 Å². The van der Waals surface area contributed by atoms with E-state index in [0.29, 0.717) is 50.9 Å². The van der Waals surface area contributed by atoms with Crippen molar-refractivity contribution in [3.8, 4) is 11.1 Å². The number of primary amides is 1. The van der Waals surface area contributed by atoms with Crippen LogP contribution in [-0.4, -0.2) is 225 Å². The molecular formula is C60H84N8O18. The fourth-order valence-electron chi connectivity index (χ4n) is 8.85. The Hall–Kier alpha value is -7.56. The summed E-state index contributed by atoms with van der Waals surface area (Å²) >= 11 is 0. The maximum atomic E-state index is 13.7. The zero-order valence-electron chi connectivity index (χ0n) is 49.4. The topological polar surface area (TPSA) is 324 Å². The number of hydrogen-bond donors (Lipinski definition) is 6. The van der Waals surface area contributed by atoms with E-state index in [1.165, 1.54) is 22.0 Å². The molecule has 3 aromatic carbocycles. The Labute approximate surface area is 501 Å². The number of imide groups is 1. The SMILES string of the molecule is CC(C)[C@H](NC(=O)CCOCCOCCOCCOCCN1C(=O)C=CC1=O)C(=O)N[C@@H](CCCNC(N)=O)C(=O)Nc1ccc(COC(=O)N(C)CCN(CCOCCOCCOCCO)C(=O)OCC2c3ccccc3-c3ccccc32)cc1. The molecule has 0 fully saturated rings. The van der Waals surface area contributed by atoms with Crippen molar-refractivity contribution in [1.82, 2.24) is 30.7 Å². The van der Waals surface area contributed by atoms with E-state index in [1.807, 2.05) is 36.4 Å². The molecule has 2 atom stereocenters. The van der Waals surface area contributed by atoms with Gasteiger partial charge in [0.2, 0.25) is 17.7 Å². The van der Waals surface area contributed by atoms with Gasteiger partial charge in [-0.15, -0.1) is 0 Å². The highest BCUT2D eigenvalue weighted by atomic mass is 16.6. The molecule has 7 N–H and O–H groups in total. The third kappa shape index (κ3) is 24.8. The molecule has 26 heteroatoms. The molecule has 0 bridgehead atoms. The minimum Gasteiger partial charge on any atom is -0.448 e. The second-order valence-corrected chi connectivity index (χ2v) is 20.2. The first kappa shape index (κ1) is 69.2. The smallest absolute Gasteiger partial charge is 0.409 e. The zero-order chi connectivity index (χ0) is 61.9. The molecule has 5 rings (SSSR count). The van der Waals surface area contributed by atoms with Crippen LogP contribution in [0.1, 0.15) is 55.7 Å². The summed E-state index contributed by atoms with van der Waals surface area (Å²) in [6, 6.07) is 19.8. The van der Waals surface area contributed by atoms with Crippen LogP contribution in [0, 0.1) is 5.92 Å². The Balaban J connectivity index is 1.03. The molecule has 0 radical (unpaired) electrons. The summed E-state index contributed by atoms with van der Waals surface area (Å²) in [5, 5.41) is 19.6. The molecule has 1 aliphatic heterocycles. The molecule has 1 aliphatic carbocycles. The Morgan fingerprint density at radius 1 is 0.628 bits per heavy atom. The van der Waals surface area contributed by atoms with Crippen LogP contribution in [0.15, 0.2) is 84.9 Å². The Morgan fingerprint density at radius 2 is 1.17 bits per heavy atom. The lowest BCUT2D eigenvalue weighted by Crippen LogP contribution is -2.54. The van der Waals surface area contributed by atoms with Gasteiger partial charge in [-0.3, -0.25) is 28.9 Å². The van der Waals surface area contributed by atoms with Crippen LogP contribution < -0.4 is 27.0 Å². The van der Waals surface area contributed by atoms with E-state index in [9.17, 15) is 38.4 Å². The first-order valence-corrected chi connectivity index (χ1v) is 28.9. The van der Waals surface area contributed by atoms with Crippen molar-refractivity contribution >= 4 is 53.4 Å². The van der Waals surface area contributed by atoms with Crippen molar-refractivity contribution in [3.63, 3.8) is 0 Å². The second kappa shape index (κ2) is 39.2. The number of amides is 9. The molecule has 0 unspecified atom stereocenters. The van der Waals surface area contributed by atoms with Gasteiger partial charge in [0.05, 0.1) is 106 Å². The van der Waals surface area contributed by atoms with Gasteiger partial charge in [-0.1, -0.05) is 74.5 Å². The molecule has 3 aromatic rings. The monoisotopic (exact) mass is 1200 g/mol. The van der Waals surface area contributed by atoms with Crippen LogP contribution in [0.4, 0.5) is 20.1 Å². The van der Waals surface area contributed by atoms with Crippen molar-refractivity contribution in [3.05, 3.63) is 102 Å². The maximum absolute atomic E-state index is 13.7. The molecule has 0 aromatic heterocycles. The summed E-state index contributed by atoms with van der Waals surface area (Å²) < 4.78 is 49.9. The summed E-state index contributed by atoms with van der Waals surface area (Å²) in [7, 11) is 1.55. The van der Waals surface area contributed by atoms with Crippen LogP contribution in [0.3, 0.4) is 0 Å². The number of nitrogens with two attached hydrogens (primary N) is 1. The number of rotatable bonds is 43. The second-order valence-electron chi connectivity index (χ2n) is 20.2. The van der Waals surface area contributed by atoms with Gasteiger partial charge in [0.15, 0.2) is 0 Å². The van der Waals surface area contributed by atoms with Crippen molar-refractivity contribution in [1.29, 1.82) is 0 Å². The number of urea groups is 1. The molecular weight excluding hydrogens is 1120 g/mol. The average Bonchev–Trinajstić information content (AvgIpc) is 1.73. The number of benzene rings is 3. The van der Waals surface area contributed by atoms with Gasteiger partial charge < -0.3 is 84.5 Å². The maximum Gasteiger partial charge on any atom is 0.409 e. The lowest BCUT2D eigenvalue weighted by atomic mass is 9.98. The van der Waals surface area contributed by atoms with Gasteiger partial charge in [-0.05, 0) is 58.7 Å². The van der Waals surface area contributed by atoms with Gasteiger partial charge in [0, 0.05) is 63.4 Å². The molecule has 0 spiro atoms. The number of likely N-dealkylation sites (N-methyl/N-ethyl adjacent to an activating group) is 1. The highest BCUT2D eigenvalue weighted by Crippen LogP contribution is 2.44. The van der Waals surface area contributed by atoms with E-state index in [2.05, 4.69) is 33.4 Å². The highest BCUT2D eigenvalue weighted by molar-refractivity contribution is 6.12. The summed E-state index contributed by atoms with van der Waals surface area (Å²) in [4.78, 5) is 106. The van der Waals surface area contributed by atoms with Crippen LogP contribution >= 0.6 is 0 Å². The van der Waals surface area contributed by atoms with Gasteiger partial charge in [0.25, 0.3) is 11.8 Å². The predicted octanol–water partition coefficient (Wildman–Crippen LogP) is 2.94.